The van der Waals surface area contributed by atoms with Gasteiger partial charge >= 0.3 is 0 Å². The summed E-state index contributed by atoms with van der Waals surface area (Å²) in [4.78, 5) is 12.2. The lowest BCUT2D eigenvalue weighted by Gasteiger charge is -2.21. The maximum absolute atomic E-state index is 13.3. The van der Waals surface area contributed by atoms with Gasteiger partial charge in [-0.15, -0.1) is 0 Å². The van der Waals surface area contributed by atoms with Crippen LogP contribution in [-0.2, 0) is 9.53 Å². The van der Waals surface area contributed by atoms with Crippen LogP contribution < -0.4 is 5.32 Å². The van der Waals surface area contributed by atoms with Gasteiger partial charge in [0.15, 0.2) is 0 Å². The summed E-state index contributed by atoms with van der Waals surface area (Å²) in [5.74, 6) is 4.77. The second-order valence-electron chi connectivity index (χ2n) is 4.87. The van der Waals surface area contributed by atoms with Gasteiger partial charge in [-0.3, -0.25) is 4.79 Å². The van der Waals surface area contributed by atoms with E-state index in [1.54, 1.807) is 0 Å². The Morgan fingerprint density at radius 2 is 2.38 bits per heavy atom. The van der Waals surface area contributed by atoms with Crippen LogP contribution in [0.1, 0.15) is 24.8 Å². The van der Waals surface area contributed by atoms with Crippen LogP contribution in [0.5, 0.6) is 0 Å². The monoisotopic (exact) mass is 291 g/mol. The molecule has 21 heavy (non-hydrogen) atoms. The zero-order chi connectivity index (χ0) is 15.1. The topological polar surface area (TPSA) is 58.6 Å². The van der Waals surface area contributed by atoms with Gasteiger partial charge in [0.2, 0.25) is 5.91 Å². The third kappa shape index (κ3) is 4.55. The number of benzene rings is 1. The summed E-state index contributed by atoms with van der Waals surface area (Å²) in [5.41, 5.74) is 0.894. The van der Waals surface area contributed by atoms with Crippen LogP contribution in [0, 0.1) is 23.6 Å². The molecule has 4 nitrogen and oxygen atoms in total. The first-order chi connectivity index (χ1) is 10.2. The van der Waals surface area contributed by atoms with Crippen molar-refractivity contribution in [1.82, 2.24) is 0 Å². The number of carbonyl (C=O) groups is 1. The highest BCUT2D eigenvalue weighted by atomic mass is 19.1. The van der Waals surface area contributed by atoms with Crippen molar-refractivity contribution in [2.24, 2.45) is 5.92 Å². The zero-order valence-electron chi connectivity index (χ0n) is 11.7. The highest BCUT2D eigenvalue weighted by molar-refractivity contribution is 5.94. The quantitative estimate of drug-likeness (QED) is 0.837. The van der Waals surface area contributed by atoms with E-state index in [1.165, 1.54) is 18.2 Å². The van der Waals surface area contributed by atoms with E-state index in [-0.39, 0.29) is 18.4 Å². The van der Waals surface area contributed by atoms with E-state index in [0.717, 1.165) is 12.8 Å². The Bertz CT molecular complexity index is 556. The Morgan fingerprint density at radius 1 is 1.52 bits per heavy atom. The Kier molecular flexibility index (Phi) is 5.73. The van der Waals surface area contributed by atoms with E-state index < -0.39 is 5.82 Å². The van der Waals surface area contributed by atoms with Crippen molar-refractivity contribution in [1.29, 1.82) is 0 Å². The molecule has 1 fully saturated rings. The fraction of sp³-hybridized carbons (Fsp3) is 0.438. The van der Waals surface area contributed by atoms with Crippen LogP contribution in [0.25, 0.3) is 0 Å². The van der Waals surface area contributed by atoms with Crippen molar-refractivity contribution in [3.63, 3.8) is 0 Å². The SMILES string of the molecule is O=C(Nc1ccc(F)cc1C#CCCO)C1CCCOC1. The van der Waals surface area contributed by atoms with Gasteiger partial charge in [-0.05, 0) is 31.0 Å². The first-order valence-corrected chi connectivity index (χ1v) is 6.98. The van der Waals surface area contributed by atoms with E-state index in [9.17, 15) is 9.18 Å². The Morgan fingerprint density at radius 3 is 3.10 bits per heavy atom. The summed E-state index contributed by atoms with van der Waals surface area (Å²) in [7, 11) is 0. The van der Waals surface area contributed by atoms with Gasteiger partial charge in [0.05, 0.1) is 30.4 Å². The largest absolute Gasteiger partial charge is 0.395 e. The molecule has 1 aromatic rings. The van der Waals surface area contributed by atoms with E-state index in [4.69, 9.17) is 9.84 Å². The Labute approximate surface area is 123 Å². The fourth-order valence-electron chi connectivity index (χ4n) is 2.12. The lowest BCUT2D eigenvalue weighted by Crippen LogP contribution is -2.30. The molecule has 0 aliphatic carbocycles. The minimum Gasteiger partial charge on any atom is -0.395 e. The Balaban J connectivity index is 2.11. The summed E-state index contributed by atoms with van der Waals surface area (Å²) >= 11 is 0. The van der Waals surface area contributed by atoms with Gasteiger partial charge in [-0.25, -0.2) is 4.39 Å². The number of nitrogens with one attached hydrogen (secondary N) is 1. The number of hydrogen-bond donors (Lipinski definition) is 2. The maximum atomic E-state index is 13.3. The van der Waals surface area contributed by atoms with Crippen LogP contribution in [-0.4, -0.2) is 30.8 Å². The average Bonchev–Trinajstić information content (AvgIpc) is 2.51. The molecule has 1 aromatic carbocycles. The molecule has 2 rings (SSSR count). The van der Waals surface area contributed by atoms with Gasteiger partial charge in [-0.2, -0.15) is 0 Å². The van der Waals surface area contributed by atoms with Crippen molar-refractivity contribution in [2.75, 3.05) is 25.1 Å². The molecule has 1 saturated heterocycles. The molecule has 5 heteroatoms. The summed E-state index contributed by atoms with van der Waals surface area (Å²) in [6, 6.07) is 4.06. The molecular formula is C16H18FNO3. The molecule has 0 radical (unpaired) electrons. The highest BCUT2D eigenvalue weighted by Gasteiger charge is 2.22. The van der Waals surface area contributed by atoms with Crippen LogP contribution >= 0.6 is 0 Å². The van der Waals surface area contributed by atoms with Crippen molar-refractivity contribution in [2.45, 2.75) is 19.3 Å². The number of rotatable bonds is 3. The number of anilines is 1. The molecule has 0 spiro atoms. The normalized spacial score (nSPS) is 17.7. The van der Waals surface area contributed by atoms with E-state index in [1.807, 2.05) is 0 Å². The number of hydrogen-bond acceptors (Lipinski definition) is 3. The molecule has 1 heterocycles. The molecule has 1 amide bonds. The highest BCUT2D eigenvalue weighted by Crippen LogP contribution is 2.20. The first-order valence-electron chi connectivity index (χ1n) is 6.98. The second-order valence-corrected chi connectivity index (χ2v) is 4.87. The molecule has 0 saturated carbocycles. The van der Waals surface area contributed by atoms with Crippen molar-refractivity contribution in [3.05, 3.63) is 29.6 Å². The van der Waals surface area contributed by atoms with Crippen molar-refractivity contribution >= 4 is 11.6 Å². The van der Waals surface area contributed by atoms with Crippen molar-refractivity contribution < 1.29 is 19.0 Å². The lowest BCUT2D eigenvalue weighted by molar-refractivity contribution is -0.123. The molecule has 1 aliphatic heterocycles. The van der Waals surface area contributed by atoms with E-state index >= 15 is 0 Å². The van der Waals surface area contributed by atoms with E-state index in [2.05, 4.69) is 17.2 Å². The number of aliphatic hydroxyl groups excluding tert-OH is 1. The van der Waals surface area contributed by atoms with Crippen LogP contribution in [0.2, 0.25) is 0 Å². The molecule has 112 valence electrons. The predicted octanol–water partition coefficient (Wildman–Crippen LogP) is 1.92. The summed E-state index contributed by atoms with van der Waals surface area (Å²) in [6.07, 6.45) is 1.96. The number of carbonyl (C=O) groups excluding carboxylic acids is 1. The lowest BCUT2D eigenvalue weighted by atomic mass is 10.0. The number of aliphatic hydroxyl groups is 1. The van der Waals surface area contributed by atoms with Crippen molar-refractivity contribution in [3.8, 4) is 11.8 Å². The van der Waals surface area contributed by atoms with Gasteiger partial charge in [0.1, 0.15) is 5.82 Å². The fourth-order valence-corrected chi connectivity index (χ4v) is 2.12. The minimum atomic E-state index is -0.415. The third-order valence-corrected chi connectivity index (χ3v) is 3.23. The molecule has 1 unspecified atom stereocenters. The molecule has 1 atom stereocenters. The van der Waals surface area contributed by atoms with Crippen LogP contribution in [0.4, 0.5) is 10.1 Å². The standard InChI is InChI=1S/C16H18FNO3/c17-14-6-7-15(12(10-14)4-1-2-8-19)18-16(20)13-5-3-9-21-11-13/h6-7,10,13,19H,2-3,5,8-9,11H2,(H,18,20). The second kappa shape index (κ2) is 7.77. The predicted molar refractivity (Wildman–Crippen MR) is 77.2 cm³/mol. The van der Waals surface area contributed by atoms with Gasteiger partial charge in [0.25, 0.3) is 0 Å². The molecule has 0 aromatic heterocycles. The zero-order valence-corrected chi connectivity index (χ0v) is 11.7. The van der Waals surface area contributed by atoms with Gasteiger partial charge in [0, 0.05) is 13.0 Å². The smallest absolute Gasteiger partial charge is 0.229 e. The summed E-state index contributed by atoms with van der Waals surface area (Å²) in [6.45, 7) is 1.06. The number of amides is 1. The van der Waals surface area contributed by atoms with Crippen LogP contribution in [0.3, 0.4) is 0 Å². The molecule has 1 aliphatic rings. The average molecular weight is 291 g/mol. The number of halogens is 1. The van der Waals surface area contributed by atoms with Crippen LogP contribution in [0.15, 0.2) is 18.2 Å². The van der Waals surface area contributed by atoms with E-state index in [0.29, 0.717) is 30.9 Å². The molecule has 0 bridgehead atoms. The molecular weight excluding hydrogens is 273 g/mol. The maximum Gasteiger partial charge on any atom is 0.229 e. The Hall–Kier alpha value is -1.90. The minimum absolute atomic E-state index is 0.0522. The van der Waals surface area contributed by atoms with Gasteiger partial charge < -0.3 is 15.2 Å². The summed E-state index contributed by atoms with van der Waals surface area (Å²) < 4.78 is 18.6. The third-order valence-electron chi connectivity index (χ3n) is 3.23. The molecule has 2 N–H and O–H groups in total. The van der Waals surface area contributed by atoms with Gasteiger partial charge in [-0.1, -0.05) is 11.8 Å². The number of ether oxygens (including phenoxy) is 1. The summed E-state index contributed by atoms with van der Waals surface area (Å²) in [5, 5.41) is 11.5. The first kappa shape index (κ1) is 15.5.